The SMILES string of the molecule is CC1(C)CCCC1NC(=O)c1n[nH]c(=O)c2ccccc12. The smallest absolute Gasteiger partial charge is 0.272 e. The lowest BCUT2D eigenvalue weighted by molar-refractivity contribution is 0.0905. The molecule has 110 valence electrons. The Morgan fingerprint density at radius 1 is 1.33 bits per heavy atom. The van der Waals surface area contributed by atoms with Crippen LogP contribution in [0.4, 0.5) is 0 Å². The van der Waals surface area contributed by atoms with Crippen LogP contribution in [0.2, 0.25) is 0 Å². The van der Waals surface area contributed by atoms with Gasteiger partial charge in [-0.1, -0.05) is 38.5 Å². The normalized spacial score (nSPS) is 20.6. The highest BCUT2D eigenvalue weighted by Crippen LogP contribution is 2.37. The third-order valence-electron chi connectivity index (χ3n) is 4.47. The maximum Gasteiger partial charge on any atom is 0.272 e. The highest BCUT2D eigenvalue weighted by Gasteiger charge is 2.35. The summed E-state index contributed by atoms with van der Waals surface area (Å²) in [6.45, 7) is 4.34. The number of hydrogen-bond donors (Lipinski definition) is 2. The number of fused-ring (bicyclic) bond motifs is 1. The van der Waals surface area contributed by atoms with Crippen molar-refractivity contribution in [3.05, 3.63) is 40.3 Å². The largest absolute Gasteiger partial charge is 0.347 e. The number of aromatic nitrogens is 2. The number of carbonyl (C=O) groups excluding carboxylic acids is 1. The number of H-pyrrole nitrogens is 1. The van der Waals surface area contributed by atoms with E-state index in [2.05, 4.69) is 29.4 Å². The minimum absolute atomic E-state index is 0.105. The van der Waals surface area contributed by atoms with Gasteiger partial charge in [-0.2, -0.15) is 5.10 Å². The number of aromatic amines is 1. The van der Waals surface area contributed by atoms with Crippen molar-refractivity contribution in [3.8, 4) is 0 Å². The Balaban J connectivity index is 1.96. The molecule has 1 aromatic heterocycles. The van der Waals surface area contributed by atoms with E-state index in [-0.39, 0.29) is 28.6 Å². The van der Waals surface area contributed by atoms with Crippen LogP contribution in [-0.2, 0) is 0 Å². The second-order valence-electron chi connectivity index (χ2n) is 6.35. The van der Waals surface area contributed by atoms with Crippen molar-refractivity contribution in [1.82, 2.24) is 15.5 Å². The zero-order chi connectivity index (χ0) is 15.0. The highest BCUT2D eigenvalue weighted by atomic mass is 16.2. The summed E-state index contributed by atoms with van der Waals surface area (Å²) in [6.07, 6.45) is 3.22. The number of benzene rings is 1. The first-order chi connectivity index (χ1) is 9.99. The van der Waals surface area contributed by atoms with E-state index < -0.39 is 0 Å². The zero-order valence-corrected chi connectivity index (χ0v) is 12.3. The second kappa shape index (κ2) is 4.98. The number of amides is 1. The number of nitrogens with one attached hydrogen (secondary N) is 2. The van der Waals surface area contributed by atoms with Crippen molar-refractivity contribution in [2.75, 3.05) is 0 Å². The highest BCUT2D eigenvalue weighted by molar-refractivity contribution is 6.04. The zero-order valence-electron chi connectivity index (χ0n) is 12.3. The molecule has 1 saturated carbocycles. The van der Waals surface area contributed by atoms with E-state index in [4.69, 9.17) is 0 Å². The Bertz CT molecular complexity index is 749. The lowest BCUT2D eigenvalue weighted by atomic mass is 9.87. The standard InChI is InChI=1S/C16H19N3O2/c1-16(2)9-5-8-12(16)17-15(21)13-10-6-3-4-7-11(10)14(20)19-18-13/h3-4,6-7,12H,5,8-9H2,1-2H3,(H,17,21)(H,19,20). The number of rotatable bonds is 2. The molecule has 0 saturated heterocycles. The molecule has 2 N–H and O–H groups in total. The van der Waals surface area contributed by atoms with E-state index in [1.54, 1.807) is 24.3 Å². The van der Waals surface area contributed by atoms with E-state index >= 15 is 0 Å². The van der Waals surface area contributed by atoms with Crippen molar-refractivity contribution in [3.63, 3.8) is 0 Å². The van der Waals surface area contributed by atoms with Crippen molar-refractivity contribution < 1.29 is 4.79 Å². The molecule has 2 aromatic rings. The fraction of sp³-hybridized carbons (Fsp3) is 0.438. The lowest BCUT2D eigenvalue weighted by Crippen LogP contribution is -2.42. The van der Waals surface area contributed by atoms with E-state index in [1.165, 1.54) is 0 Å². The Labute approximate surface area is 122 Å². The summed E-state index contributed by atoms with van der Waals surface area (Å²) >= 11 is 0. The van der Waals surface area contributed by atoms with Crippen LogP contribution >= 0.6 is 0 Å². The summed E-state index contributed by atoms with van der Waals surface area (Å²) in [5.74, 6) is -0.220. The van der Waals surface area contributed by atoms with E-state index in [0.717, 1.165) is 19.3 Å². The quantitative estimate of drug-likeness (QED) is 0.888. The van der Waals surface area contributed by atoms with Gasteiger partial charge >= 0.3 is 0 Å². The first-order valence-electron chi connectivity index (χ1n) is 7.27. The third kappa shape index (κ3) is 2.44. The summed E-state index contributed by atoms with van der Waals surface area (Å²) in [6, 6.07) is 7.19. The van der Waals surface area contributed by atoms with Crippen molar-refractivity contribution in [2.24, 2.45) is 5.41 Å². The van der Waals surface area contributed by atoms with Crippen LogP contribution in [0.3, 0.4) is 0 Å². The molecule has 0 aliphatic heterocycles. The topological polar surface area (TPSA) is 74.8 Å². The Kier molecular flexibility index (Phi) is 3.27. The van der Waals surface area contributed by atoms with Gasteiger partial charge in [-0.05, 0) is 24.3 Å². The summed E-state index contributed by atoms with van der Waals surface area (Å²) in [5, 5.41) is 10.5. The monoisotopic (exact) mass is 285 g/mol. The summed E-state index contributed by atoms with van der Waals surface area (Å²) in [7, 11) is 0. The Hall–Kier alpha value is -2.17. The molecule has 1 aromatic carbocycles. The van der Waals surface area contributed by atoms with Gasteiger partial charge in [0.2, 0.25) is 0 Å². The average molecular weight is 285 g/mol. The molecule has 1 amide bonds. The third-order valence-corrected chi connectivity index (χ3v) is 4.47. The molecule has 1 fully saturated rings. The van der Waals surface area contributed by atoms with Gasteiger partial charge in [-0.3, -0.25) is 9.59 Å². The molecule has 1 aliphatic rings. The summed E-state index contributed by atoms with van der Waals surface area (Å²) in [5.41, 5.74) is 0.115. The average Bonchev–Trinajstić information content (AvgIpc) is 2.78. The molecular formula is C16H19N3O2. The van der Waals surface area contributed by atoms with Crippen molar-refractivity contribution in [2.45, 2.75) is 39.2 Å². The molecule has 0 radical (unpaired) electrons. The molecule has 5 nitrogen and oxygen atoms in total. The van der Waals surface area contributed by atoms with Gasteiger partial charge in [0.15, 0.2) is 5.69 Å². The molecule has 21 heavy (non-hydrogen) atoms. The molecular weight excluding hydrogens is 266 g/mol. The van der Waals surface area contributed by atoms with Gasteiger partial charge < -0.3 is 5.32 Å². The predicted octanol–water partition coefficient (Wildman–Crippen LogP) is 2.23. The van der Waals surface area contributed by atoms with Crippen LogP contribution in [0.5, 0.6) is 0 Å². The van der Waals surface area contributed by atoms with Gasteiger partial charge in [0.1, 0.15) is 0 Å². The molecule has 1 unspecified atom stereocenters. The van der Waals surface area contributed by atoms with Crippen LogP contribution < -0.4 is 10.9 Å². The Morgan fingerprint density at radius 3 is 2.71 bits per heavy atom. The number of nitrogens with zero attached hydrogens (tertiary/aromatic N) is 1. The van der Waals surface area contributed by atoms with Gasteiger partial charge in [0, 0.05) is 11.4 Å². The van der Waals surface area contributed by atoms with Crippen molar-refractivity contribution in [1.29, 1.82) is 0 Å². The molecule has 5 heteroatoms. The number of carbonyl (C=O) groups is 1. The molecule has 3 rings (SSSR count). The lowest BCUT2D eigenvalue weighted by Gasteiger charge is -2.27. The molecule has 0 bridgehead atoms. The van der Waals surface area contributed by atoms with Gasteiger partial charge in [-0.25, -0.2) is 5.10 Å². The van der Waals surface area contributed by atoms with Crippen LogP contribution in [-0.4, -0.2) is 22.1 Å². The molecule has 1 aliphatic carbocycles. The van der Waals surface area contributed by atoms with E-state index in [1.807, 2.05) is 0 Å². The van der Waals surface area contributed by atoms with Gasteiger partial charge in [-0.15, -0.1) is 0 Å². The van der Waals surface area contributed by atoms with Crippen LogP contribution in [0.15, 0.2) is 29.1 Å². The van der Waals surface area contributed by atoms with Crippen LogP contribution in [0.25, 0.3) is 10.8 Å². The Morgan fingerprint density at radius 2 is 2.05 bits per heavy atom. The summed E-state index contributed by atoms with van der Waals surface area (Å²) in [4.78, 5) is 24.3. The molecule has 1 atom stereocenters. The summed E-state index contributed by atoms with van der Waals surface area (Å²) < 4.78 is 0. The van der Waals surface area contributed by atoms with Crippen LogP contribution in [0, 0.1) is 5.41 Å². The first-order valence-corrected chi connectivity index (χ1v) is 7.27. The fourth-order valence-electron chi connectivity index (χ4n) is 3.11. The van der Waals surface area contributed by atoms with Gasteiger partial charge in [0.05, 0.1) is 5.39 Å². The second-order valence-corrected chi connectivity index (χ2v) is 6.35. The van der Waals surface area contributed by atoms with Gasteiger partial charge in [0.25, 0.3) is 11.5 Å². The molecule has 1 heterocycles. The van der Waals surface area contributed by atoms with Crippen molar-refractivity contribution >= 4 is 16.7 Å². The number of hydrogen-bond acceptors (Lipinski definition) is 3. The van der Waals surface area contributed by atoms with E-state index in [9.17, 15) is 9.59 Å². The minimum Gasteiger partial charge on any atom is -0.347 e. The first kappa shape index (κ1) is 13.8. The fourth-order valence-corrected chi connectivity index (χ4v) is 3.11. The van der Waals surface area contributed by atoms with E-state index in [0.29, 0.717) is 10.8 Å². The maximum absolute atomic E-state index is 12.5. The molecule has 0 spiro atoms. The maximum atomic E-state index is 12.5. The predicted molar refractivity (Wildman–Crippen MR) is 81.2 cm³/mol. The minimum atomic E-state index is -0.275. The van der Waals surface area contributed by atoms with Crippen LogP contribution in [0.1, 0.15) is 43.6 Å².